The highest BCUT2D eigenvalue weighted by molar-refractivity contribution is 7.84. The standard InChI is InChI=1S/C10H19NO4S/c1-3-15-10(13)6-5-9(12)11-7-8-16(14)4-2/h3-8H2,1-2H3,(H,11,12). The molecule has 0 aliphatic carbocycles. The predicted molar refractivity (Wildman–Crippen MR) is 62.4 cm³/mol. The van der Waals surface area contributed by atoms with Crippen molar-refractivity contribution in [2.75, 3.05) is 24.7 Å². The molecule has 6 heteroatoms. The lowest BCUT2D eigenvalue weighted by Crippen LogP contribution is -2.28. The zero-order valence-electron chi connectivity index (χ0n) is 9.78. The Morgan fingerprint density at radius 1 is 1.25 bits per heavy atom. The Labute approximate surface area is 98.4 Å². The van der Waals surface area contributed by atoms with Crippen LogP contribution in [0.5, 0.6) is 0 Å². The minimum absolute atomic E-state index is 0.0938. The molecule has 1 unspecified atom stereocenters. The number of hydrogen-bond donors (Lipinski definition) is 1. The van der Waals surface area contributed by atoms with Gasteiger partial charge >= 0.3 is 5.97 Å². The van der Waals surface area contributed by atoms with Gasteiger partial charge in [0.2, 0.25) is 5.91 Å². The maximum Gasteiger partial charge on any atom is 0.306 e. The van der Waals surface area contributed by atoms with Crippen LogP contribution in [0, 0.1) is 0 Å². The van der Waals surface area contributed by atoms with Crippen LogP contribution >= 0.6 is 0 Å². The Hall–Kier alpha value is -0.910. The lowest BCUT2D eigenvalue weighted by molar-refractivity contribution is -0.144. The summed E-state index contributed by atoms with van der Waals surface area (Å²) in [5.41, 5.74) is 0. The highest BCUT2D eigenvalue weighted by Crippen LogP contribution is 1.92. The van der Waals surface area contributed by atoms with E-state index in [4.69, 9.17) is 0 Å². The van der Waals surface area contributed by atoms with Gasteiger partial charge in [-0.05, 0) is 6.92 Å². The van der Waals surface area contributed by atoms with Crippen LogP contribution < -0.4 is 5.32 Å². The molecule has 94 valence electrons. The van der Waals surface area contributed by atoms with Gasteiger partial charge in [0.05, 0.1) is 13.0 Å². The molecule has 1 N–H and O–H groups in total. The van der Waals surface area contributed by atoms with Crippen molar-refractivity contribution in [1.29, 1.82) is 0 Å². The fourth-order valence-electron chi connectivity index (χ4n) is 0.986. The maximum absolute atomic E-state index is 11.2. The number of amides is 1. The van der Waals surface area contributed by atoms with Gasteiger partial charge in [0.1, 0.15) is 0 Å². The molecular weight excluding hydrogens is 230 g/mol. The largest absolute Gasteiger partial charge is 0.466 e. The van der Waals surface area contributed by atoms with Gasteiger partial charge in [-0.1, -0.05) is 6.92 Å². The molecule has 5 nitrogen and oxygen atoms in total. The molecule has 0 aliphatic rings. The fourth-order valence-corrected chi connectivity index (χ4v) is 1.60. The van der Waals surface area contributed by atoms with E-state index in [1.165, 1.54) is 0 Å². The van der Waals surface area contributed by atoms with Crippen molar-refractivity contribution in [3.8, 4) is 0 Å². The van der Waals surface area contributed by atoms with E-state index in [1.54, 1.807) is 6.92 Å². The van der Waals surface area contributed by atoms with E-state index < -0.39 is 10.8 Å². The summed E-state index contributed by atoms with van der Waals surface area (Å²) in [6.07, 6.45) is 0.216. The van der Waals surface area contributed by atoms with E-state index >= 15 is 0 Å². The summed E-state index contributed by atoms with van der Waals surface area (Å²) < 4.78 is 15.7. The number of carbonyl (C=O) groups is 2. The third-order valence-electron chi connectivity index (χ3n) is 1.84. The van der Waals surface area contributed by atoms with Gasteiger partial charge in [-0.3, -0.25) is 13.8 Å². The van der Waals surface area contributed by atoms with E-state index in [9.17, 15) is 13.8 Å². The quantitative estimate of drug-likeness (QED) is 0.624. The third kappa shape index (κ3) is 8.40. The molecular formula is C10H19NO4S. The first-order valence-electron chi connectivity index (χ1n) is 5.37. The average Bonchev–Trinajstić information content (AvgIpc) is 2.26. The Morgan fingerprint density at radius 2 is 1.94 bits per heavy atom. The minimum Gasteiger partial charge on any atom is -0.466 e. The number of ether oxygens (including phenoxy) is 1. The molecule has 0 bridgehead atoms. The lowest BCUT2D eigenvalue weighted by Gasteiger charge is -2.04. The smallest absolute Gasteiger partial charge is 0.306 e. The Bertz CT molecular complexity index is 255. The SMILES string of the molecule is CCOC(=O)CCC(=O)NCCS(=O)CC. The first-order chi connectivity index (χ1) is 7.60. The summed E-state index contributed by atoms with van der Waals surface area (Å²) in [5.74, 6) is 0.483. The van der Waals surface area contributed by atoms with Crippen LogP contribution in [0.3, 0.4) is 0 Å². The van der Waals surface area contributed by atoms with Crippen LogP contribution in [-0.4, -0.2) is 40.7 Å². The molecule has 0 radical (unpaired) electrons. The summed E-state index contributed by atoms with van der Waals surface area (Å²) in [6.45, 7) is 4.27. The van der Waals surface area contributed by atoms with E-state index in [2.05, 4.69) is 10.1 Å². The van der Waals surface area contributed by atoms with Crippen molar-refractivity contribution >= 4 is 22.7 Å². The van der Waals surface area contributed by atoms with E-state index in [0.29, 0.717) is 24.7 Å². The Balaban J connectivity index is 3.52. The second kappa shape index (κ2) is 9.33. The second-order valence-corrected chi connectivity index (χ2v) is 4.95. The number of nitrogens with one attached hydrogen (secondary N) is 1. The highest BCUT2D eigenvalue weighted by Gasteiger charge is 2.07. The maximum atomic E-state index is 11.2. The summed E-state index contributed by atoms with van der Waals surface area (Å²) >= 11 is 0. The molecule has 0 aromatic heterocycles. The molecule has 0 saturated carbocycles. The molecule has 0 fully saturated rings. The van der Waals surface area contributed by atoms with Gasteiger partial charge in [0.25, 0.3) is 0 Å². The molecule has 0 aromatic carbocycles. The zero-order valence-corrected chi connectivity index (χ0v) is 10.6. The fraction of sp³-hybridized carbons (Fsp3) is 0.800. The molecule has 0 rings (SSSR count). The van der Waals surface area contributed by atoms with Crippen LogP contribution in [0.25, 0.3) is 0 Å². The Kier molecular flexibility index (Phi) is 8.80. The van der Waals surface area contributed by atoms with Crippen LogP contribution in [0.4, 0.5) is 0 Å². The average molecular weight is 249 g/mol. The van der Waals surface area contributed by atoms with Gasteiger partial charge < -0.3 is 10.1 Å². The first kappa shape index (κ1) is 15.1. The number of hydrogen-bond acceptors (Lipinski definition) is 4. The van der Waals surface area contributed by atoms with Crippen molar-refractivity contribution in [2.45, 2.75) is 26.7 Å². The van der Waals surface area contributed by atoms with Crippen LogP contribution in [0.2, 0.25) is 0 Å². The van der Waals surface area contributed by atoms with Gasteiger partial charge in [-0.2, -0.15) is 0 Å². The Morgan fingerprint density at radius 3 is 2.50 bits per heavy atom. The van der Waals surface area contributed by atoms with Crippen LogP contribution in [0.15, 0.2) is 0 Å². The molecule has 0 aliphatic heterocycles. The number of carbonyl (C=O) groups excluding carboxylic acids is 2. The predicted octanol–water partition coefficient (Wildman–Crippen LogP) is 0.214. The van der Waals surface area contributed by atoms with Crippen LogP contribution in [0.1, 0.15) is 26.7 Å². The molecule has 0 heterocycles. The lowest BCUT2D eigenvalue weighted by atomic mass is 10.3. The van der Waals surface area contributed by atoms with Gasteiger partial charge in [0, 0.05) is 35.3 Å². The number of rotatable bonds is 8. The van der Waals surface area contributed by atoms with Crippen molar-refractivity contribution < 1.29 is 18.5 Å². The van der Waals surface area contributed by atoms with Gasteiger partial charge in [-0.15, -0.1) is 0 Å². The molecule has 1 atom stereocenters. The monoisotopic (exact) mass is 249 g/mol. The van der Waals surface area contributed by atoms with Crippen molar-refractivity contribution in [1.82, 2.24) is 5.32 Å². The normalized spacial score (nSPS) is 11.9. The summed E-state index contributed by atoms with van der Waals surface area (Å²) in [4.78, 5) is 22.1. The van der Waals surface area contributed by atoms with Crippen molar-refractivity contribution in [2.24, 2.45) is 0 Å². The van der Waals surface area contributed by atoms with Gasteiger partial charge in [-0.25, -0.2) is 0 Å². The van der Waals surface area contributed by atoms with Crippen LogP contribution in [-0.2, 0) is 25.1 Å². The summed E-state index contributed by atoms with van der Waals surface area (Å²) in [6, 6.07) is 0. The van der Waals surface area contributed by atoms with Crippen molar-refractivity contribution in [3.63, 3.8) is 0 Å². The molecule has 0 spiro atoms. The molecule has 16 heavy (non-hydrogen) atoms. The molecule has 0 saturated heterocycles. The topological polar surface area (TPSA) is 72.5 Å². The van der Waals surface area contributed by atoms with E-state index in [0.717, 1.165) is 0 Å². The van der Waals surface area contributed by atoms with E-state index in [1.807, 2.05) is 6.92 Å². The minimum atomic E-state index is -0.866. The highest BCUT2D eigenvalue weighted by atomic mass is 32.2. The summed E-state index contributed by atoms with van der Waals surface area (Å²) in [5, 5.41) is 2.61. The third-order valence-corrected chi connectivity index (χ3v) is 3.14. The zero-order chi connectivity index (χ0) is 12.4. The summed E-state index contributed by atoms with van der Waals surface area (Å²) in [7, 11) is -0.866. The van der Waals surface area contributed by atoms with Gasteiger partial charge in [0.15, 0.2) is 0 Å². The van der Waals surface area contributed by atoms with E-state index in [-0.39, 0.29) is 24.7 Å². The first-order valence-corrected chi connectivity index (χ1v) is 6.86. The number of esters is 1. The molecule has 0 aromatic rings. The molecule has 1 amide bonds. The second-order valence-electron chi connectivity index (χ2n) is 3.09. The van der Waals surface area contributed by atoms with Crippen molar-refractivity contribution in [3.05, 3.63) is 0 Å².